The van der Waals surface area contributed by atoms with Crippen LogP contribution in [0, 0.1) is 5.82 Å². The summed E-state index contributed by atoms with van der Waals surface area (Å²) < 4.78 is 18.6. The molecule has 0 bridgehead atoms. The minimum absolute atomic E-state index is 0.0298. The van der Waals surface area contributed by atoms with Gasteiger partial charge in [-0.1, -0.05) is 0 Å². The summed E-state index contributed by atoms with van der Waals surface area (Å²) in [5.74, 6) is -0.615. The highest BCUT2D eigenvalue weighted by molar-refractivity contribution is 9.10. The molecule has 1 aromatic carbocycles. The first-order valence-corrected chi connectivity index (χ1v) is 6.40. The standard InChI is InChI=1S/C12H14BrFN2O2/c1-18-11-6-15-5-10(11)16-12(17)7-2-3-9(14)8(13)4-7/h2-4,10-11,15H,5-6H2,1H3,(H,16,17)/t10?,11-/m0/s1. The number of nitrogens with one attached hydrogen (secondary N) is 2. The first-order valence-electron chi connectivity index (χ1n) is 5.61. The Kier molecular flexibility index (Phi) is 4.31. The molecule has 1 aromatic rings. The highest BCUT2D eigenvalue weighted by Crippen LogP contribution is 2.17. The lowest BCUT2D eigenvalue weighted by Crippen LogP contribution is -2.43. The number of benzene rings is 1. The van der Waals surface area contributed by atoms with Gasteiger partial charge in [-0.15, -0.1) is 0 Å². The third-order valence-corrected chi connectivity index (χ3v) is 3.57. The number of carbonyl (C=O) groups excluding carboxylic acids is 1. The molecule has 4 nitrogen and oxygen atoms in total. The second kappa shape index (κ2) is 5.77. The van der Waals surface area contributed by atoms with Crippen molar-refractivity contribution in [2.75, 3.05) is 20.2 Å². The number of rotatable bonds is 3. The van der Waals surface area contributed by atoms with Crippen LogP contribution in [0.5, 0.6) is 0 Å². The molecule has 2 atom stereocenters. The molecule has 0 saturated carbocycles. The summed E-state index contributed by atoms with van der Waals surface area (Å²) in [6.07, 6.45) is -0.0298. The molecule has 1 aliphatic heterocycles. The van der Waals surface area contributed by atoms with Crippen LogP contribution in [-0.2, 0) is 4.74 Å². The highest BCUT2D eigenvalue weighted by Gasteiger charge is 2.28. The molecule has 18 heavy (non-hydrogen) atoms. The van der Waals surface area contributed by atoms with Gasteiger partial charge in [-0.25, -0.2) is 4.39 Å². The van der Waals surface area contributed by atoms with Crippen molar-refractivity contribution in [3.63, 3.8) is 0 Å². The molecule has 1 aliphatic rings. The van der Waals surface area contributed by atoms with Gasteiger partial charge in [-0.05, 0) is 34.1 Å². The summed E-state index contributed by atoms with van der Waals surface area (Å²) in [6, 6.07) is 4.13. The molecule has 1 unspecified atom stereocenters. The van der Waals surface area contributed by atoms with Crippen molar-refractivity contribution < 1.29 is 13.9 Å². The zero-order chi connectivity index (χ0) is 13.1. The molecule has 0 aliphatic carbocycles. The molecule has 0 aromatic heterocycles. The van der Waals surface area contributed by atoms with Crippen LogP contribution in [-0.4, -0.2) is 38.3 Å². The van der Waals surface area contributed by atoms with Gasteiger partial charge in [0, 0.05) is 25.8 Å². The molecule has 1 heterocycles. The van der Waals surface area contributed by atoms with Crippen molar-refractivity contribution in [2.45, 2.75) is 12.1 Å². The zero-order valence-corrected chi connectivity index (χ0v) is 11.5. The van der Waals surface area contributed by atoms with Crippen LogP contribution >= 0.6 is 15.9 Å². The number of halogens is 2. The summed E-state index contributed by atoms with van der Waals surface area (Å²) in [5.41, 5.74) is 0.421. The van der Waals surface area contributed by atoms with Crippen LogP contribution in [0.3, 0.4) is 0 Å². The third-order valence-electron chi connectivity index (χ3n) is 2.96. The summed E-state index contributed by atoms with van der Waals surface area (Å²) in [4.78, 5) is 12.0. The van der Waals surface area contributed by atoms with E-state index in [1.54, 1.807) is 7.11 Å². The summed E-state index contributed by atoms with van der Waals surface area (Å²) in [6.45, 7) is 1.39. The number of carbonyl (C=O) groups is 1. The Bertz CT molecular complexity index is 456. The number of amides is 1. The van der Waals surface area contributed by atoms with Crippen LogP contribution in [0.2, 0.25) is 0 Å². The van der Waals surface area contributed by atoms with Gasteiger partial charge < -0.3 is 15.4 Å². The van der Waals surface area contributed by atoms with E-state index in [9.17, 15) is 9.18 Å². The van der Waals surface area contributed by atoms with Gasteiger partial charge in [0.05, 0.1) is 16.6 Å². The molecule has 0 radical (unpaired) electrons. The Morgan fingerprint density at radius 2 is 2.33 bits per heavy atom. The summed E-state index contributed by atoms with van der Waals surface area (Å²) >= 11 is 3.06. The number of hydrogen-bond acceptors (Lipinski definition) is 3. The lowest BCUT2D eigenvalue weighted by Gasteiger charge is -2.18. The molecule has 1 amide bonds. The first-order chi connectivity index (χ1) is 8.61. The van der Waals surface area contributed by atoms with Gasteiger partial charge in [0.1, 0.15) is 5.82 Å². The van der Waals surface area contributed by atoms with Gasteiger partial charge in [-0.3, -0.25) is 4.79 Å². The first kappa shape index (κ1) is 13.5. The largest absolute Gasteiger partial charge is 0.378 e. The Morgan fingerprint density at radius 1 is 1.56 bits per heavy atom. The molecule has 2 rings (SSSR count). The van der Waals surface area contributed by atoms with Crippen molar-refractivity contribution in [1.29, 1.82) is 0 Å². The highest BCUT2D eigenvalue weighted by atomic mass is 79.9. The minimum atomic E-state index is -0.385. The Morgan fingerprint density at radius 3 is 3.00 bits per heavy atom. The average Bonchev–Trinajstić information content (AvgIpc) is 2.79. The van der Waals surface area contributed by atoms with E-state index in [0.29, 0.717) is 18.7 Å². The van der Waals surface area contributed by atoms with E-state index in [-0.39, 0.29) is 28.3 Å². The van der Waals surface area contributed by atoms with Crippen molar-refractivity contribution >= 4 is 21.8 Å². The molecule has 2 N–H and O–H groups in total. The van der Waals surface area contributed by atoms with Crippen LogP contribution in [0.1, 0.15) is 10.4 Å². The molecule has 0 spiro atoms. The van der Waals surface area contributed by atoms with E-state index in [1.807, 2.05) is 0 Å². The third kappa shape index (κ3) is 2.88. The smallest absolute Gasteiger partial charge is 0.251 e. The Balaban J connectivity index is 2.05. The van der Waals surface area contributed by atoms with Gasteiger partial charge >= 0.3 is 0 Å². The van der Waals surface area contributed by atoms with Crippen LogP contribution in [0.4, 0.5) is 4.39 Å². The number of hydrogen-bond donors (Lipinski definition) is 2. The molecular formula is C12H14BrFN2O2. The lowest BCUT2D eigenvalue weighted by molar-refractivity contribution is 0.0780. The maximum absolute atomic E-state index is 13.1. The molecule has 1 saturated heterocycles. The minimum Gasteiger partial charge on any atom is -0.378 e. The van der Waals surface area contributed by atoms with Gasteiger partial charge in [0.25, 0.3) is 5.91 Å². The molecule has 98 valence electrons. The Labute approximate surface area is 113 Å². The zero-order valence-electron chi connectivity index (χ0n) is 9.87. The fourth-order valence-electron chi connectivity index (χ4n) is 1.94. The maximum atomic E-state index is 13.1. The average molecular weight is 317 g/mol. The quantitative estimate of drug-likeness (QED) is 0.884. The van der Waals surface area contributed by atoms with E-state index >= 15 is 0 Å². The normalized spacial score (nSPS) is 23.1. The monoisotopic (exact) mass is 316 g/mol. The predicted octanol–water partition coefficient (Wildman–Crippen LogP) is 1.30. The maximum Gasteiger partial charge on any atom is 0.251 e. The predicted molar refractivity (Wildman–Crippen MR) is 69.0 cm³/mol. The van der Waals surface area contributed by atoms with Crippen LogP contribution in [0.15, 0.2) is 22.7 Å². The number of ether oxygens (including phenoxy) is 1. The van der Waals surface area contributed by atoms with E-state index in [1.165, 1.54) is 18.2 Å². The SMILES string of the molecule is CO[C@H]1CNCC1NC(=O)c1ccc(F)c(Br)c1. The number of methoxy groups -OCH3 is 1. The van der Waals surface area contributed by atoms with E-state index in [4.69, 9.17) is 4.74 Å². The Hall–Kier alpha value is -0.980. The van der Waals surface area contributed by atoms with Crippen LogP contribution in [0.25, 0.3) is 0 Å². The van der Waals surface area contributed by atoms with E-state index in [2.05, 4.69) is 26.6 Å². The second-order valence-electron chi connectivity index (χ2n) is 4.14. The van der Waals surface area contributed by atoms with E-state index in [0.717, 1.165) is 0 Å². The topological polar surface area (TPSA) is 50.4 Å². The van der Waals surface area contributed by atoms with Crippen molar-refractivity contribution in [3.8, 4) is 0 Å². The summed E-state index contributed by atoms with van der Waals surface area (Å²) in [7, 11) is 1.62. The van der Waals surface area contributed by atoms with Crippen molar-refractivity contribution in [3.05, 3.63) is 34.1 Å². The molecule has 1 fully saturated rings. The van der Waals surface area contributed by atoms with E-state index < -0.39 is 0 Å². The second-order valence-corrected chi connectivity index (χ2v) is 5.00. The molecular weight excluding hydrogens is 303 g/mol. The van der Waals surface area contributed by atoms with Gasteiger partial charge in [-0.2, -0.15) is 0 Å². The van der Waals surface area contributed by atoms with Gasteiger partial charge in [0.2, 0.25) is 0 Å². The lowest BCUT2D eigenvalue weighted by atomic mass is 10.1. The van der Waals surface area contributed by atoms with Crippen molar-refractivity contribution in [1.82, 2.24) is 10.6 Å². The van der Waals surface area contributed by atoms with Gasteiger partial charge in [0.15, 0.2) is 0 Å². The fourth-order valence-corrected chi connectivity index (χ4v) is 2.31. The van der Waals surface area contributed by atoms with Crippen LogP contribution < -0.4 is 10.6 Å². The van der Waals surface area contributed by atoms with Crippen molar-refractivity contribution in [2.24, 2.45) is 0 Å². The summed E-state index contributed by atoms with van der Waals surface area (Å²) in [5, 5.41) is 6.01. The fraction of sp³-hybridized carbons (Fsp3) is 0.417. The molecule has 6 heteroatoms.